The van der Waals surface area contributed by atoms with Gasteiger partial charge in [-0.2, -0.15) is 0 Å². The van der Waals surface area contributed by atoms with Crippen molar-refractivity contribution in [2.45, 2.75) is 38.1 Å². The minimum absolute atomic E-state index is 0.0802. The molecule has 2 fully saturated rings. The molecule has 1 aliphatic heterocycles. The summed E-state index contributed by atoms with van der Waals surface area (Å²) in [5.74, 6) is 0.191. The number of piperidine rings is 1. The smallest absolute Gasteiger partial charge is 0.226 e. The summed E-state index contributed by atoms with van der Waals surface area (Å²) in [4.78, 5) is 14.3. The maximum atomic E-state index is 12.4. The average molecular weight is 336 g/mol. The van der Waals surface area contributed by atoms with Crippen LogP contribution in [0.15, 0.2) is 30.3 Å². The average Bonchev–Trinajstić information content (AvgIpc) is 2.46. The highest BCUT2D eigenvalue weighted by molar-refractivity contribution is 7.88. The Morgan fingerprint density at radius 2 is 1.83 bits per heavy atom. The molecule has 1 N–H and O–H groups in total. The molecule has 23 heavy (non-hydrogen) atoms. The largest absolute Gasteiger partial charge is 0.342 e. The van der Waals surface area contributed by atoms with Crippen molar-refractivity contribution >= 4 is 15.9 Å². The molecule has 3 rings (SSSR count). The maximum Gasteiger partial charge on any atom is 0.226 e. The lowest BCUT2D eigenvalue weighted by Gasteiger charge is -2.52. The summed E-state index contributed by atoms with van der Waals surface area (Å²) in [6.07, 6.45) is 5.45. The van der Waals surface area contributed by atoms with E-state index in [0.717, 1.165) is 44.3 Å². The molecular formula is C17H24N2O3S. The van der Waals surface area contributed by atoms with E-state index in [9.17, 15) is 13.2 Å². The van der Waals surface area contributed by atoms with Gasteiger partial charge in [0.1, 0.15) is 0 Å². The first-order valence-electron chi connectivity index (χ1n) is 8.14. The van der Waals surface area contributed by atoms with E-state index in [4.69, 9.17) is 0 Å². The summed E-state index contributed by atoms with van der Waals surface area (Å²) >= 11 is 0. The monoisotopic (exact) mass is 336 g/mol. The van der Waals surface area contributed by atoms with Crippen molar-refractivity contribution in [1.82, 2.24) is 9.62 Å². The summed E-state index contributed by atoms with van der Waals surface area (Å²) in [5, 5.41) is 0. The van der Waals surface area contributed by atoms with Crippen LogP contribution in [0.2, 0.25) is 0 Å². The van der Waals surface area contributed by atoms with Crippen LogP contribution in [0.25, 0.3) is 0 Å². The van der Waals surface area contributed by atoms with Gasteiger partial charge in [-0.15, -0.1) is 0 Å². The Morgan fingerprint density at radius 3 is 2.39 bits per heavy atom. The lowest BCUT2D eigenvalue weighted by atomic mass is 9.60. The lowest BCUT2D eigenvalue weighted by molar-refractivity contribution is -0.134. The predicted octanol–water partition coefficient (Wildman–Crippen LogP) is 1.55. The van der Waals surface area contributed by atoms with Gasteiger partial charge in [0.15, 0.2) is 0 Å². The maximum absolute atomic E-state index is 12.4. The third-order valence-corrected chi connectivity index (χ3v) is 5.88. The fourth-order valence-electron chi connectivity index (χ4n) is 3.89. The molecule has 2 aliphatic rings. The Labute approximate surface area is 138 Å². The molecule has 0 aromatic heterocycles. The minimum atomic E-state index is -3.11. The molecule has 1 aliphatic carbocycles. The Kier molecular flexibility index (Phi) is 4.47. The number of amides is 1. The highest BCUT2D eigenvalue weighted by Gasteiger charge is 2.46. The van der Waals surface area contributed by atoms with Crippen molar-refractivity contribution in [2.24, 2.45) is 5.41 Å². The molecule has 0 bridgehead atoms. The molecule has 6 heteroatoms. The van der Waals surface area contributed by atoms with Gasteiger partial charge in [0, 0.05) is 19.1 Å². The van der Waals surface area contributed by atoms with Gasteiger partial charge in [-0.05, 0) is 36.7 Å². The number of hydrogen-bond donors (Lipinski definition) is 1. The third kappa shape index (κ3) is 4.12. The second kappa shape index (κ2) is 6.24. The Morgan fingerprint density at radius 1 is 1.22 bits per heavy atom. The number of nitrogens with zero attached hydrogens (tertiary/aromatic N) is 1. The number of likely N-dealkylation sites (tertiary alicyclic amines) is 1. The SMILES string of the molecule is CS(=O)(=O)NC1CC2(CCN(C(=O)Cc3ccccc3)CC2)C1. The van der Waals surface area contributed by atoms with Gasteiger partial charge >= 0.3 is 0 Å². The van der Waals surface area contributed by atoms with Crippen LogP contribution in [0, 0.1) is 5.41 Å². The van der Waals surface area contributed by atoms with E-state index in [1.165, 1.54) is 6.26 Å². The normalized spacial score (nSPS) is 21.2. The van der Waals surface area contributed by atoms with Crippen LogP contribution in [-0.4, -0.2) is 44.6 Å². The van der Waals surface area contributed by atoms with Crippen LogP contribution >= 0.6 is 0 Å². The first kappa shape index (κ1) is 16.5. The molecule has 0 unspecified atom stereocenters. The van der Waals surface area contributed by atoms with E-state index < -0.39 is 10.0 Å². The highest BCUT2D eigenvalue weighted by atomic mass is 32.2. The molecule has 0 atom stereocenters. The lowest BCUT2D eigenvalue weighted by Crippen LogP contribution is -2.55. The van der Waals surface area contributed by atoms with Crippen molar-refractivity contribution in [3.8, 4) is 0 Å². The van der Waals surface area contributed by atoms with E-state index in [1.807, 2.05) is 35.2 Å². The summed E-state index contributed by atoms with van der Waals surface area (Å²) in [6.45, 7) is 1.58. The van der Waals surface area contributed by atoms with Crippen LogP contribution in [0.3, 0.4) is 0 Å². The Bertz CT molecular complexity index is 656. The van der Waals surface area contributed by atoms with Crippen LogP contribution in [0.4, 0.5) is 0 Å². The zero-order chi connectivity index (χ0) is 16.5. The molecule has 126 valence electrons. The molecule has 5 nitrogen and oxygen atoms in total. The predicted molar refractivity (Wildman–Crippen MR) is 89.4 cm³/mol. The first-order chi connectivity index (χ1) is 10.9. The molecular weight excluding hydrogens is 312 g/mol. The Balaban J connectivity index is 1.47. The summed E-state index contributed by atoms with van der Waals surface area (Å²) in [7, 11) is -3.11. The fraction of sp³-hybridized carbons (Fsp3) is 0.588. The van der Waals surface area contributed by atoms with Gasteiger partial charge < -0.3 is 4.90 Å². The number of hydrogen-bond acceptors (Lipinski definition) is 3. The van der Waals surface area contributed by atoms with Gasteiger partial charge in [-0.3, -0.25) is 4.79 Å². The molecule has 0 radical (unpaired) electrons. The van der Waals surface area contributed by atoms with Crippen LogP contribution in [0.1, 0.15) is 31.2 Å². The molecule has 1 aromatic carbocycles. The quantitative estimate of drug-likeness (QED) is 0.907. The number of nitrogens with one attached hydrogen (secondary N) is 1. The second-order valence-electron chi connectivity index (χ2n) is 7.04. The van der Waals surface area contributed by atoms with E-state index in [0.29, 0.717) is 6.42 Å². The van der Waals surface area contributed by atoms with Crippen molar-refractivity contribution in [3.05, 3.63) is 35.9 Å². The van der Waals surface area contributed by atoms with Crippen LogP contribution in [-0.2, 0) is 21.2 Å². The van der Waals surface area contributed by atoms with Crippen molar-refractivity contribution < 1.29 is 13.2 Å². The minimum Gasteiger partial charge on any atom is -0.342 e. The molecule has 1 saturated heterocycles. The standard InChI is InChI=1S/C17H24N2O3S/c1-23(21,22)18-15-12-17(13-15)7-9-19(10-8-17)16(20)11-14-5-3-2-4-6-14/h2-6,15,18H,7-13H2,1H3. The number of carbonyl (C=O) groups is 1. The fourth-order valence-corrected chi connectivity index (χ4v) is 4.66. The molecule has 1 aromatic rings. The number of sulfonamides is 1. The van der Waals surface area contributed by atoms with E-state index in [1.54, 1.807) is 0 Å². The van der Waals surface area contributed by atoms with E-state index in [2.05, 4.69) is 4.72 Å². The van der Waals surface area contributed by atoms with E-state index in [-0.39, 0.29) is 17.4 Å². The molecule has 1 amide bonds. The molecule has 1 heterocycles. The summed E-state index contributed by atoms with van der Waals surface area (Å²) in [6, 6.07) is 9.91. The van der Waals surface area contributed by atoms with Gasteiger partial charge in [-0.25, -0.2) is 13.1 Å². The molecule has 1 spiro atoms. The summed E-state index contributed by atoms with van der Waals surface area (Å²) in [5.41, 5.74) is 1.30. The Hall–Kier alpha value is -1.40. The zero-order valence-corrected chi connectivity index (χ0v) is 14.3. The highest BCUT2D eigenvalue weighted by Crippen LogP contribution is 2.49. The second-order valence-corrected chi connectivity index (χ2v) is 8.82. The van der Waals surface area contributed by atoms with Crippen LogP contribution in [0.5, 0.6) is 0 Å². The first-order valence-corrected chi connectivity index (χ1v) is 10.0. The van der Waals surface area contributed by atoms with Gasteiger partial charge in [0.05, 0.1) is 12.7 Å². The number of rotatable bonds is 4. The van der Waals surface area contributed by atoms with Crippen LogP contribution < -0.4 is 4.72 Å². The van der Waals surface area contributed by atoms with E-state index >= 15 is 0 Å². The molecule has 1 saturated carbocycles. The third-order valence-electron chi connectivity index (χ3n) is 5.11. The zero-order valence-electron chi connectivity index (χ0n) is 13.5. The number of carbonyl (C=O) groups excluding carboxylic acids is 1. The van der Waals surface area contributed by atoms with Gasteiger partial charge in [0.25, 0.3) is 0 Å². The van der Waals surface area contributed by atoms with Crippen molar-refractivity contribution in [1.29, 1.82) is 0 Å². The topological polar surface area (TPSA) is 66.5 Å². The summed E-state index contributed by atoms with van der Waals surface area (Å²) < 4.78 is 25.2. The van der Waals surface area contributed by atoms with Gasteiger partial charge in [0.2, 0.25) is 15.9 Å². The van der Waals surface area contributed by atoms with Crippen molar-refractivity contribution in [3.63, 3.8) is 0 Å². The van der Waals surface area contributed by atoms with Gasteiger partial charge in [-0.1, -0.05) is 30.3 Å². The number of benzene rings is 1. The van der Waals surface area contributed by atoms with Crippen molar-refractivity contribution in [2.75, 3.05) is 19.3 Å².